The maximum absolute atomic E-state index is 12.6. The van der Waals surface area contributed by atoms with E-state index in [4.69, 9.17) is 0 Å². The van der Waals surface area contributed by atoms with Crippen molar-refractivity contribution in [1.82, 2.24) is 14.7 Å². The van der Waals surface area contributed by atoms with Gasteiger partial charge in [-0.05, 0) is 26.8 Å². The molecular weight excluding hydrogens is 290 g/mol. The second-order valence-electron chi connectivity index (χ2n) is 6.38. The van der Waals surface area contributed by atoms with Gasteiger partial charge in [-0.1, -0.05) is 6.92 Å². The number of hydrogen-bond acceptors (Lipinski definition) is 4. The Kier molecular flexibility index (Phi) is 4.82. The molecule has 0 aliphatic carbocycles. The number of urea groups is 1. The van der Waals surface area contributed by atoms with E-state index in [0.29, 0.717) is 31.6 Å². The molecule has 0 aromatic carbocycles. The van der Waals surface area contributed by atoms with Gasteiger partial charge in [-0.3, -0.25) is 4.90 Å². The fourth-order valence-electron chi connectivity index (χ4n) is 3.60. The van der Waals surface area contributed by atoms with Gasteiger partial charge < -0.3 is 9.80 Å². The molecule has 2 aliphatic heterocycles. The van der Waals surface area contributed by atoms with Gasteiger partial charge in [-0.25, -0.2) is 13.2 Å². The Morgan fingerprint density at radius 3 is 2.24 bits per heavy atom. The van der Waals surface area contributed by atoms with Crippen LogP contribution in [0.1, 0.15) is 27.2 Å². The van der Waals surface area contributed by atoms with E-state index in [2.05, 4.69) is 25.7 Å². The molecule has 122 valence electrons. The fraction of sp³-hybridized carbons (Fsp3) is 0.929. The first-order chi connectivity index (χ1) is 9.75. The zero-order valence-electron chi connectivity index (χ0n) is 13.4. The molecule has 3 atom stereocenters. The summed E-state index contributed by atoms with van der Waals surface area (Å²) in [6, 6.07) is 0.468. The smallest absolute Gasteiger partial charge is 0.320 e. The van der Waals surface area contributed by atoms with Crippen molar-refractivity contribution < 1.29 is 13.2 Å². The minimum atomic E-state index is -2.96. The minimum Gasteiger partial charge on any atom is -0.324 e. The first kappa shape index (κ1) is 16.5. The first-order valence-electron chi connectivity index (χ1n) is 7.73. The summed E-state index contributed by atoms with van der Waals surface area (Å²) in [5, 5.41) is 0. The molecule has 0 aromatic rings. The molecule has 6 nitrogen and oxygen atoms in total. The lowest BCUT2D eigenvalue weighted by molar-refractivity contribution is 0.0479. The molecule has 2 amide bonds. The molecule has 2 aliphatic rings. The van der Waals surface area contributed by atoms with Gasteiger partial charge in [-0.15, -0.1) is 0 Å². The summed E-state index contributed by atoms with van der Waals surface area (Å²) < 4.78 is 23.1. The monoisotopic (exact) mass is 317 g/mol. The van der Waals surface area contributed by atoms with Gasteiger partial charge in [0.05, 0.1) is 11.5 Å². The molecule has 0 saturated carbocycles. The van der Waals surface area contributed by atoms with Crippen molar-refractivity contribution in [2.45, 2.75) is 45.3 Å². The summed E-state index contributed by atoms with van der Waals surface area (Å²) >= 11 is 0. The van der Waals surface area contributed by atoms with Gasteiger partial charge in [0.2, 0.25) is 0 Å². The van der Waals surface area contributed by atoms with E-state index >= 15 is 0 Å². The number of carbonyl (C=O) groups excluding carboxylic acids is 1. The molecule has 0 spiro atoms. The lowest BCUT2D eigenvalue weighted by Crippen LogP contribution is -2.60. The summed E-state index contributed by atoms with van der Waals surface area (Å²) in [5.74, 6) is 0.307. The third-order valence-electron chi connectivity index (χ3n) is 4.80. The van der Waals surface area contributed by atoms with Crippen molar-refractivity contribution in [1.29, 1.82) is 0 Å². The average Bonchev–Trinajstić information content (AvgIpc) is 2.77. The molecule has 0 N–H and O–H groups in total. The van der Waals surface area contributed by atoms with Crippen LogP contribution in [0.3, 0.4) is 0 Å². The van der Waals surface area contributed by atoms with Crippen LogP contribution in [-0.4, -0.2) is 85.5 Å². The van der Waals surface area contributed by atoms with E-state index in [0.717, 1.165) is 6.54 Å². The predicted octanol–water partition coefficient (Wildman–Crippen LogP) is 0.640. The van der Waals surface area contributed by atoms with E-state index in [9.17, 15) is 13.2 Å². The second kappa shape index (κ2) is 6.12. The Bertz CT molecular complexity index is 482. The van der Waals surface area contributed by atoms with Crippen molar-refractivity contribution in [2.24, 2.45) is 0 Å². The van der Waals surface area contributed by atoms with Gasteiger partial charge in [-0.2, -0.15) is 0 Å². The van der Waals surface area contributed by atoms with Crippen LogP contribution in [0.5, 0.6) is 0 Å². The molecule has 0 aromatic heterocycles. The molecular formula is C14H27N3O3S. The highest BCUT2D eigenvalue weighted by atomic mass is 32.2. The normalized spacial score (nSPS) is 33.1. The maximum atomic E-state index is 12.6. The van der Waals surface area contributed by atoms with Gasteiger partial charge in [0, 0.05) is 38.3 Å². The van der Waals surface area contributed by atoms with E-state index in [1.54, 1.807) is 11.9 Å². The van der Waals surface area contributed by atoms with E-state index < -0.39 is 9.84 Å². The lowest BCUT2D eigenvalue weighted by Gasteiger charge is -2.45. The van der Waals surface area contributed by atoms with Crippen molar-refractivity contribution in [2.75, 3.05) is 38.2 Å². The molecule has 2 fully saturated rings. The Morgan fingerprint density at radius 1 is 1.24 bits per heavy atom. The van der Waals surface area contributed by atoms with Crippen LogP contribution in [-0.2, 0) is 9.84 Å². The quantitative estimate of drug-likeness (QED) is 0.750. The van der Waals surface area contributed by atoms with Gasteiger partial charge >= 0.3 is 6.03 Å². The van der Waals surface area contributed by atoms with Crippen molar-refractivity contribution in [3.63, 3.8) is 0 Å². The van der Waals surface area contributed by atoms with E-state index in [1.807, 2.05) is 4.90 Å². The zero-order chi connectivity index (χ0) is 15.8. The number of likely N-dealkylation sites (N-methyl/N-ethyl adjacent to an activating group) is 1. The number of amides is 2. The Balaban J connectivity index is 2.00. The van der Waals surface area contributed by atoms with Crippen LogP contribution >= 0.6 is 0 Å². The number of rotatable bonds is 2. The molecule has 2 heterocycles. The number of piperazine rings is 1. The third-order valence-corrected chi connectivity index (χ3v) is 6.55. The van der Waals surface area contributed by atoms with Crippen LogP contribution < -0.4 is 0 Å². The zero-order valence-corrected chi connectivity index (χ0v) is 14.3. The molecule has 7 heteroatoms. The van der Waals surface area contributed by atoms with Crippen molar-refractivity contribution in [3.05, 3.63) is 0 Å². The second-order valence-corrected chi connectivity index (χ2v) is 8.61. The molecule has 21 heavy (non-hydrogen) atoms. The molecule has 0 bridgehead atoms. The highest BCUT2D eigenvalue weighted by Gasteiger charge is 2.37. The third kappa shape index (κ3) is 3.51. The molecule has 1 unspecified atom stereocenters. The Morgan fingerprint density at radius 2 is 1.81 bits per heavy atom. The summed E-state index contributed by atoms with van der Waals surface area (Å²) in [4.78, 5) is 18.5. The SMILES string of the molecule is CCN1[C@H](C)CN(C(=O)N(C)C2CCS(=O)(=O)C2)C[C@@H]1C. The number of nitrogens with zero attached hydrogens (tertiary/aromatic N) is 3. The number of hydrogen-bond donors (Lipinski definition) is 0. The lowest BCUT2D eigenvalue weighted by atomic mass is 10.1. The van der Waals surface area contributed by atoms with E-state index in [-0.39, 0.29) is 23.6 Å². The summed E-state index contributed by atoms with van der Waals surface area (Å²) in [5.41, 5.74) is 0. The van der Waals surface area contributed by atoms with Gasteiger partial charge in [0.25, 0.3) is 0 Å². The van der Waals surface area contributed by atoms with E-state index in [1.165, 1.54) is 0 Å². The summed E-state index contributed by atoms with van der Waals surface area (Å²) in [7, 11) is -1.23. The molecule has 2 saturated heterocycles. The maximum Gasteiger partial charge on any atom is 0.320 e. The molecule has 0 radical (unpaired) electrons. The first-order valence-corrected chi connectivity index (χ1v) is 9.55. The average molecular weight is 317 g/mol. The van der Waals surface area contributed by atoms with Crippen LogP contribution in [0, 0.1) is 0 Å². The van der Waals surface area contributed by atoms with Crippen LogP contribution in [0.25, 0.3) is 0 Å². The number of sulfone groups is 1. The van der Waals surface area contributed by atoms with Crippen molar-refractivity contribution in [3.8, 4) is 0 Å². The standard InChI is InChI=1S/C14H27N3O3S/c1-5-17-11(2)8-16(9-12(17)3)14(18)15(4)13-6-7-21(19,20)10-13/h11-13H,5-10H2,1-4H3/t11-,12+,13?. The Hall–Kier alpha value is -0.820. The van der Waals surface area contributed by atoms with Gasteiger partial charge in [0.1, 0.15) is 0 Å². The fourth-order valence-corrected chi connectivity index (χ4v) is 5.37. The molecule has 2 rings (SSSR count). The predicted molar refractivity (Wildman–Crippen MR) is 83.1 cm³/mol. The van der Waals surface area contributed by atoms with Crippen LogP contribution in [0.4, 0.5) is 4.79 Å². The minimum absolute atomic E-state index is 0.0356. The largest absolute Gasteiger partial charge is 0.324 e. The summed E-state index contributed by atoms with van der Waals surface area (Å²) in [6.45, 7) is 8.82. The highest BCUT2D eigenvalue weighted by Crippen LogP contribution is 2.21. The van der Waals surface area contributed by atoms with Gasteiger partial charge in [0.15, 0.2) is 9.84 Å². The Labute approximate surface area is 128 Å². The number of carbonyl (C=O) groups is 1. The van der Waals surface area contributed by atoms with Crippen molar-refractivity contribution >= 4 is 15.9 Å². The summed E-state index contributed by atoms with van der Waals surface area (Å²) in [6.07, 6.45) is 0.560. The van der Waals surface area contributed by atoms with Crippen LogP contribution in [0.15, 0.2) is 0 Å². The van der Waals surface area contributed by atoms with Crippen LogP contribution in [0.2, 0.25) is 0 Å². The topological polar surface area (TPSA) is 60.9 Å². The highest BCUT2D eigenvalue weighted by molar-refractivity contribution is 7.91.